The quantitative estimate of drug-likeness (QED) is 0.899. The van der Waals surface area contributed by atoms with Crippen molar-refractivity contribution in [1.29, 1.82) is 0 Å². The van der Waals surface area contributed by atoms with Crippen LogP contribution in [0.25, 0.3) is 0 Å². The van der Waals surface area contributed by atoms with Crippen LogP contribution in [0.15, 0.2) is 24.3 Å². The standard InChI is InChI=1S/C17H20F3NO2/c18-17(19,20)12-4-1-3-11(9-12)14-10-15(14)16(22)21-7-6-13-5-2-8-23-13/h1,3-4,9,13-15H,2,5-8,10H2,(H,21,22)/t13-,14-,15-/m0/s1. The van der Waals surface area contributed by atoms with Gasteiger partial charge in [0.1, 0.15) is 0 Å². The molecular weight excluding hydrogens is 307 g/mol. The van der Waals surface area contributed by atoms with Crippen LogP contribution < -0.4 is 5.32 Å². The van der Waals surface area contributed by atoms with E-state index in [2.05, 4.69) is 5.32 Å². The van der Waals surface area contributed by atoms with E-state index < -0.39 is 11.7 Å². The van der Waals surface area contributed by atoms with Crippen LogP contribution in [0.1, 0.15) is 42.7 Å². The van der Waals surface area contributed by atoms with E-state index in [0.29, 0.717) is 18.5 Å². The van der Waals surface area contributed by atoms with Gasteiger partial charge in [-0.05, 0) is 43.2 Å². The van der Waals surface area contributed by atoms with Crippen molar-refractivity contribution in [2.24, 2.45) is 5.92 Å². The Bertz CT molecular complexity index is 567. The Morgan fingerprint density at radius 3 is 2.87 bits per heavy atom. The molecule has 0 radical (unpaired) electrons. The van der Waals surface area contributed by atoms with Crippen molar-refractivity contribution in [3.63, 3.8) is 0 Å². The maximum absolute atomic E-state index is 12.7. The molecule has 1 aliphatic carbocycles. The molecule has 1 aliphatic heterocycles. The van der Waals surface area contributed by atoms with Gasteiger partial charge in [0, 0.05) is 19.1 Å². The highest BCUT2D eigenvalue weighted by Gasteiger charge is 2.44. The van der Waals surface area contributed by atoms with Crippen LogP contribution in [0, 0.1) is 5.92 Å². The van der Waals surface area contributed by atoms with Gasteiger partial charge in [-0.1, -0.05) is 18.2 Å². The number of hydrogen-bond acceptors (Lipinski definition) is 2. The van der Waals surface area contributed by atoms with Crippen LogP contribution in [-0.4, -0.2) is 25.2 Å². The van der Waals surface area contributed by atoms with Crippen molar-refractivity contribution in [1.82, 2.24) is 5.32 Å². The van der Waals surface area contributed by atoms with Crippen molar-refractivity contribution in [2.75, 3.05) is 13.2 Å². The number of amides is 1. The van der Waals surface area contributed by atoms with E-state index in [-0.39, 0.29) is 23.8 Å². The number of carbonyl (C=O) groups is 1. The Kier molecular flexibility index (Phi) is 4.62. The van der Waals surface area contributed by atoms with E-state index in [4.69, 9.17) is 4.74 Å². The largest absolute Gasteiger partial charge is 0.416 e. The summed E-state index contributed by atoms with van der Waals surface area (Å²) in [4.78, 5) is 12.1. The Labute approximate surface area is 133 Å². The lowest BCUT2D eigenvalue weighted by molar-refractivity contribution is -0.137. The van der Waals surface area contributed by atoms with E-state index >= 15 is 0 Å². The lowest BCUT2D eigenvalue weighted by Crippen LogP contribution is -2.28. The molecular formula is C17H20F3NO2. The third kappa shape index (κ3) is 4.05. The van der Waals surface area contributed by atoms with Gasteiger partial charge in [-0.2, -0.15) is 13.2 Å². The number of rotatable bonds is 5. The molecule has 3 rings (SSSR count). The SMILES string of the molecule is O=C(NCC[C@@H]1CCCO1)[C@H]1C[C@H]1c1cccc(C(F)(F)F)c1. The van der Waals surface area contributed by atoms with Crippen LogP contribution in [0.4, 0.5) is 13.2 Å². The van der Waals surface area contributed by atoms with E-state index in [1.807, 2.05) is 0 Å². The summed E-state index contributed by atoms with van der Waals surface area (Å²) in [5.74, 6) is -0.367. The molecule has 3 atom stereocenters. The molecule has 1 aromatic carbocycles. The van der Waals surface area contributed by atoms with Gasteiger partial charge < -0.3 is 10.1 Å². The Hall–Kier alpha value is -1.56. The van der Waals surface area contributed by atoms with E-state index in [1.54, 1.807) is 6.07 Å². The number of ether oxygens (including phenoxy) is 1. The zero-order valence-corrected chi connectivity index (χ0v) is 12.7. The fourth-order valence-electron chi connectivity index (χ4n) is 3.16. The second kappa shape index (κ2) is 6.51. The molecule has 2 fully saturated rings. The van der Waals surface area contributed by atoms with Crippen LogP contribution in [0.3, 0.4) is 0 Å². The van der Waals surface area contributed by atoms with E-state index in [9.17, 15) is 18.0 Å². The number of nitrogens with one attached hydrogen (secondary N) is 1. The molecule has 1 aromatic rings. The average Bonchev–Trinajstić information content (AvgIpc) is 3.16. The normalized spacial score (nSPS) is 27.0. The molecule has 1 saturated heterocycles. The minimum atomic E-state index is -4.34. The highest BCUT2D eigenvalue weighted by atomic mass is 19.4. The first-order chi connectivity index (χ1) is 10.9. The molecule has 0 spiro atoms. The number of hydrogen-bond donors (Lipinski definition) is 1. The van der Waals surface area contributed by atoms with Gasteiger partial charge in [0.25, 0.3) is 0 Å². The zero-order chi connectivity index (χ0) is 16.4. The summed E-state index contributed by atoms with van der Waals surface area (Å²) in [6, 6.07) is 5.29. The van der Waals surface area contributed by atoms with Gasteiger partial charge in [-0.15, -0.1) is 0 Å². The average molecular weight is 327 g/mol. The lowest BCUT2D eigenvalue weighted by Gasteiger charge is -2.10. The monoisotopic (exact) mass is 327 g/mol. The molecule has 0 unspecified atom stereocenters. The first-order valence-corrected chi connectivity index (χ1v) is 8.01. The van der Waals surface area contributed by atoms with Crippen LogP contribution in [-0.2, 0) is 15.7 Å². The third-order valence-electron chi connectivity index (χ3n) is 4.56. The van der Waals surface area contributed by atoms with Crippen molar-refractivity contribution >= 4 is 5.91 Å². The van der Waals surface area contributed by atoms with Crippen LogP contribution in [0.5, 0.6) is 0 Å². The van der Waals surface area contributed by atoms with Gasteiger partial charge in [-0.3, -0.25) is 4.79 Å². The summed E-state index contributed by atoms with van der Waals surface area (Å²) in [7, 11) is 0. The smallest absolute Gasteiger partial charge is 0.378 e. The third-order valence-corrected chi connectivity index (χ3v) is 4.56. The molecule has 1 amide bonds. The molecule has 0 aromatic heterocycles. The summed E-state index contributed by atoms with van der Waals surface area (Å²) in [5.41, 5.74) is -0.0569. The van der Waals surface area contributed by atoms with Crippen LogP contribution >= 0.6 is 0 Å². The minimum absolute atomic E-state index is 0.0644. The van der Waals surface area contributed by atoms with Crippen molar-refractivity contribution in [3.8, 4) is 0 Å². The van der Waals surface area contributed by atoms with Gasteiger partial charge >= 0.3 is 6.18 Å². The summed E-state index contributed by atoms with van der Waals surface area (Å²) in [5, 5.41) is 2.87. The summed E-state index contributed by atoms with van der Waals surface area (Å²) in [6.07, 6.45) is -0.594. The van der Waals surface area contributed by atoms with Crippen LogP contribution in [0.2, 0.25) is 0 Å². The van der Waals surface area contributed by atoms with Gasteiger partial charge in [-0.25, -0.2) is 0 Å². The molecule has 23 heavy (non-hydrogen) atoms. The summed E-state index contributed by atoms with van der Waals surface area (Å²) < 4.78 is 43.7. The fourth-order valence-corrected chi connectivity index (χ4v) is 3.16. The Morgan fingerprint density at radius 2 is 2.17 bits per heavy atom. The summed E-state index contributed by atoms with van der Waals surface area (Å²) >= 11 is 0. The van der Waals surface area contributed by atoms with E-state index in [1.165, 1.54) is 6.07 Å². The van der Waals surface area contributed by atoms with Crippen molar-refractivity contribution in [3.05, 3.63) is 35.4 Å². The molecule has 1 N–H and O–H groups in total. The zero-order valence-electron chi connectivity index (χ0n) is 12.7. The van der Waals surface area contributed by atoms with Crippen molar-refractivity contribution in [2.45, 2.75) is 43.9 Å². The topological polar surface area (TPSA) is 38.3 Å². The predicted octanol–water partition coefficient (Wildman–Crippen LogP) is 3.49. The predicted molar refractivity (Wildman–Crippen MR) is 78.9 cm³/mol. The highest BCUT2D eigenvalue weighted by Crippen LogP contribution is 2.48. The van der Waals surface area contributed by atoms with Gasteiger partial charge in [0.05, 0.1) is 11.7 Å². The highest BCUT2D eigenvalue weighted by molar-refractivity contribution is 5.82. The number of alkyl halides is 3. The fraction of sp³-hybridized carbons (Fsp3) is 0.588. The van der Waals surface area contributed by atoms with Gasteiger partial charge in [0.2, 0.25) is 5.91 Å². The maximum atomic E-state index is 12.7. The van der Waals surface area contributed by atoms with Gasteiger partial charge in [0.15, 0.2) is 0 Å². The molecule has 1 heterocycles. The molecule has 2 aliphatic rings. The first kappa shape index (κ1) is 16.3. The number of benzene rings is 1. The molecule has 1 saturated carbocycles. The van der Waals surface area contributed by atoms with Crippen molar-refractivity contribution < 1.29 is 22.7 Å². The Morgan fingerprint density at radius 1 is 1.35 bits per heavy atom. The summed E-state index contributed by atoms with van der Waals surface area (Å²) in [6.45, 7) is 1.36. The Balaban J connectivity index is 1.49. The van der Waals surface area contributed by atoms with E-state index in [0.717, 1.165) is 38.0 Å². The molecule has 0 bridgehead atoms. The maximum Gasteiger partial charge on any atom is 0.416 e. The molecule has 6 heteroatoms. The molecule has 3 nitrogen and oxygen atoms in total. The number of halogens is 3. The first-order valence-electron chi connectivity index (χ1n) is 8.01. The molecule has 126 valence electrons. The minimum Gasteiger partial charge on any atom is -0.378 e. The second-order valence-electron chi connectivity index (χ2n) is 6.29. The lowest BCUT2D eigenvalue weighted by atomic mass is 10.1. The second-order valence-corrected chi connectivity index (χ2v) is 6.29. The number of carbonyl (C=O) groups excluding carboxylic acids is 1.